The van der Waals surface area contributed by atoms with E-state index in [4.69, 9.17) is 61.4 Å². The van der Waals surface area contributed by atoms with E-state index in [0.717, 1.165) is 94.2 Å². The molecule has 9 N–H and O–H groups in total. The van der Waals surface area contributed by atoms with E-state index >= 15 is 0 Å². The first kappa shape index (κ1) is 81.2. The number of carbonyl (C=O) groups excluding carboxylic acids is 2. The number of piperidine rings is 4. The molecular formula is C62H111Cl4F2N13O5. The molecule has 8 aliphatic heterocycles. The van der Waals surface area contributed by atoms with Crippen molar-refractivity contribution < 1.29 is 33.5 Å². The highest BCUT2D eigenvalue weighted by Crippen LogP contribution is 2.40. The molecular weight excluding hydrogens is 1190 g/mol. The van der Waals surface area contributed by atoms with Gasteiger partial charge in [-0.1, -0.05) is 29.8 Å². The molecule has 86 heavy (non-hydrogen) atoms. The van der Waals surface area contributed by atoms with E-state index in [1.54, 1.807) is 13.0 Å². The van der Waals surface area contributed by atoms with Gasteiger partial charge in [-0.05, 0) is 242 Å². The third kappa shape index (κ3) is 26.6. The molecule has 8 saturated heterocycles. The lowest BCUT2D eigenvalue weighted by Crippen LogP contribution is -2.55. The van der Waals surface area contributed by atoms with Gasteiger partial charge in [-0.3, -0.25) is 29.2 Å². The van der Waals surface area contributed by atoms with E-state index in [9.17, 15) is 18.4 Å². The molecule has 0 saturated carbocycles. The molecule has 2 aromatic rings. The van der Waals surface area contributed by atoms with Crippen LogP contribution < -0.4 is 22.7 Å². The Morgan fingerprint density at radius 3 is 1.70 bits per heavy atom. The number of nitrogens with two attached hydrogens (primary N) is 3. The number of fused-ring (bicyclic) bond motifs is 4. The Morgan fingerprint density at radius 1 is 0.767 bits per heavy atom. The molecule has 0 aromatic carbocycles. The van der Waals surface area contributed by atoms with Gasteiger partial charge in [-0.2, -0.15) is 4.98 Å². The fourth-order valence-corrected chi connectivity index (χ4v) is 14.4. The predicted octanol–water partition coefficient (Wildman–Crippen LogP) is 12.9. The highest BCUT2D eigenvalue weighted by atomic mass is 35.5. The van der Waals surface area contributed by atoms with E-state index in [0.29, 0.717) is 41.6 Å². The molecule has 7 unspecified atom stereocenters. The zero-order valence-electron chi connectivity index (χ0n) is 53.4. The van der Waals surface area contributed by atoms with Crippen LogP contribution >= 0.6 is 47.2 Å². The lowest BCUT2D eigenvalue weighted by molar-refractivity contribution is -0.127. The molecule has 496 valence electrons. The maximum atomic E-state index is 13.7. The third-order valence-corrected chi connectivity index (χ3v) is 17.7. The lowest BCUT2D eigenvalue weighted by Gasteiger charge is -2.47. The minimum atomic E-state index is -0.666. The number of hydrogen-bond acceptors (Lipinski definition) is 18. The predicted molar refractivity (Wildman–Crippen MR) is 350 cm³/mol. The number of hydrogen-bond donors (Lipinski definition) is 6. The highest BCUT2D eigenvalue weighted by Gasteiger charge is 2.45. The summed E-state index contributed by atoms with van der Waals surface area (Å²) in [6.45, 7) is 34.0. The van der Waals surface area contributed by atoms with Gasteiger partial charge in [-0.25, -0.2) is 29.6 Å². The molecule has 0 aliphatic carbocycles. The van der Waals surface area contributed by atoms with Gasteiger partial charge in [-0.15, -0.1) is 12.4 Å². The third-order valence-electron chi connectivity index (χ3n) is 17.1. The van der Waals surface area contributed by atoms with Gasteiger partial charge in [0, 0.05) is 90.7 Å². The average Bonchev–Trinajstić information content (AvgIpc) is 1.96. The smallest absolute Gasteiger partial charge is 0.224 e. The van der Waals surface area contributed by atoms with Crippen molar-refractivity contribution in [3.8, 4) is 0 Å². The second-order valence-electron chi connectivity index (χ2n) is 26.3. The van der Waals surface area contributed by atoms with Crippen molar-refractivity contribution in [3.63, 3.8) is 0 Å². The Morgan fingerprint density at radius 2 is 1.23 bits per heavy atom. The highest BCUT2D eigenvalue weighted by molar-refractivity contribution is 6.31. The fraction of sp³-hybridized carbons (Fsp3) is 0.790. The van der Waals surface area contributed by atoms with Crippen molar-refractivity contribution >= 4 is 70.3 Å². The van der Waals surface area contributed by atoms with E-state index < -0.39 is 11.6 Å². The first-order valence-electron chi connectivity index (χ1n) is 30.5. The number of halogens is 6. The van der Waals surface area contributed by atoms with Crippen LogP contribution in [-0.4, -0.2) is 171 Å². The maximum absolute atomic E-state index is 13.7. The molecule has 10 heterocycles. The monoisotopic (exact) mass is 1300 g/mol. The summed E-state index contributed by atoms with van der Waals surface area (Å²) in [4.78, 5) is 46.2. The minimum Gasteiger partial charge on any atom is -0.411 e. The number of ketones is 2. The molecule has 24 heteroatoms. The van der Waals surface area contributed by atoms with Crippen LogP contribution in [0.4, 0.5) is 14.6 Å². The zero-order chi connectivity index (χ0) is 63.2. The summed E-state index contributed by atoms with van der Waals surface area (Å²) in [5, 5.41) is 21.7. The molecule has 8 fully saturated rings. The molecule has 2 aromatic heterocycles. The van der Waals surface area contributed by atoms with Crippen LogP contribution in [0.2, 0.25) is 15.7 Å². The normalized spacial score (nSPS) is 26.1. The van der Waals surface area contributed by atoms with E-state index in [2.05, 4.69) is 118 Å². The minimum absolute atomic E-state index is 0. The Hall–Kier alpha value is -2.83. The second-order valence-corrected chi connectivity index (χ2v) is 27.3. The summed E-state index contributed by atoms with van der Waals surface area (Å²) < 4.78 is 31.2. The number of rotatable bonds is 8. The zero-order valence-corrected chi connectivity index (χ0v) is 56.5. The van der Waals surface area contributed by atoms with Crippen molar-refractivity contribution in [2.75, 3.05) is 44.6 Å². The van der Waals surface area contributed by atoms with Gasteiger partial charge in [0.15, 0.2) is 28.4 Å². The van der Waals surface area contributed by atoms with Gasteiger partial charge < -0.3 is 31.9 Å². The number of anilines is 1. The molecule has 0 spiro atoms. The topological polar surface area (TPSA) is 251 Å². The second kappa shape index (κ2) is 38.8. The van der Waals surface area contributed by atoms with Crippen molar-refractivity contribution in [1.82, 2.24) is 39.5 Å². The van der Waals surface area contributed by atoms with Crippen molar-refractivity contribution in [3.05, 3.63) is 51.4 Å². The van der Waals surface area contributed by atoms with Gasteiger partial charge in [0.2, 0.25) is 10.6 Å². The summed E-state index contributed by atoms with van der Waals surface area (Å²) in [7, 11) is 0. The number of nitrogens with one attached hydrogen (secondary N) is 1. The SMILES string of the molecule is C.CC(=O)C=C(C)C.CC1(C)C/C(=N\O)CC2CCCN21.CC1(C)CC(=O)CC2CCCN21.CC1(C)CC(N)CC2CCCN21.CC1(C)CC(Nc2nc(Cl)ncc2F)CC2CCCN21.CCOC(C)CCCN.Cl.Fc1cnc(Cl)nc1Cl.NO. The largest absolute Gasteiger partial charge is 0.411 e. The summed E-state index contributed by atoms with van der Waals surface area (Å²) >= 11 is 16.2. The van der Waals surface area contributed by atoms with Crippen molar-refractivity contribution in [1.29, 1.82) is 0 Å². The van der Waals surface area contributed by atoms with Crippen molar-refractivity contribution in [2.45, 2.75) is 278 Å². The Labute approximate surface area is 536 Å². The van der Waals surface area contributed by atoms with Crippen LogP contribution in [0.5, 0.6) is 0 Å². The molecule has 0 radical (unpaired) electrons. The molecule has 7 atom stereocenters. The molecule has 0 amide bonds. The Bertz CT molecular complexity index is 2390. The van der Waals surface area contributed by atoms with Crippen LogP contribution in [0.3, 0.4) is 0 Å². The number of allylic oxidation sites excluding steroid dienone is 2. The summed E-state index contributed by atoms with van der Waals surface area (Å²) in [6.07, 6.45) is 24.4. The van der Waals surface area contributed by atoms with Crippen LogP contribution in [0, 0.1) is 11.6 Å². The van der Waals surface area contributed by atoms with Crippen molar-refractivity contribution in [2.24, 2.45) is 22.5 Å². The Kier molecular flexibility index (Phi) is 36.6. The number of oxime groups is 1. The number of Topliss-reactive ketones (excluding diaryl/α,β-unsaturated/α-hetero) is 1. The van der Waals surface area contributed by atoms with Gasteiger partial charge in [0.1, 0.15) is 5.78 Å². The van der Waals surface area contributed by atoms with Crippen LogP contribution in [0.1, 0.15) is 213 Å². The average molecular weight is 1300 g/mol. The lowest BCUT2D eigenvalue weighted by atomic mass is 9.84. The van der Waals surface area contributed by atoms with Gasteiger partial charge in [0.25, 0.3) is 0 Å². The number of nitrogens with zero attached hydrogens (tertiary/aromatic N) is 9. The van der Waals surface area contributed by atoms with E-state index in [1.165, 1.54) is 90.4 Å². The summed E-state index contributed by atoms with van der Waals surface area (Å²) in [5.41, 5.74) is 14.2. The standard InChI is InChI=1S/C14H20ClFN4.C10H18N2O.C10H20N2.C10H17NO.C7H17NO.C6H10O.C4HCl2FN2.CH4.ClH.H3NO/c1-14(2)7-9(6-10-4-3-5-20(10)14)18-12-11(16)8-17-13(15)19-12;1-10(2)7-8(11-13)6-9-4-3-5-12(9)10;1-10(2)7-8(11)6-9-4-3-5-12(9)10;1-10(2)7-9(12)6-8-4-3-5-11(8)10;1-3-9-7(2)5-4-6-8;1-5(2)4-6(3)7;5-3-2(7)1-8-4(6)9-3;;;1-2/h8-10H,3-7H2,1-2H3,(H,17,18,19);9,13H,3-7H2,1-2H3;8-9H,3-7,11H2,1-2H3;8H,3-7H2,1-2H3;7H,3-6,8H2,1-2H3;4H,1-3H3;1H;1H4;1H;2H,1H2/b;11-8-;;;;;;;;. The number of aromatic nitrogens is 4. The van der Waals surface area contributed by atoms with Crippen LogP contribution in [0.15, 0.2) is 29.2 Å². The van der Waals surface area contributed by atoms with E-state index in [-0.39, 0.29) is 69.8 Å². The Balaban J connectivity index is 0.000000510. The number of ether oxygens (including phenoxy) is 1. The molecule has 10 rings (SSSR count). The summed E-state index contributed by atoms with van der Waals surface area (Å²) in [5.74, 6) is 3.20. The molecule has 8 aliphatic rings. The van der Waals surface area contributed by atoms with Gasteiger partial charge in [0.05, 0.1) is 24.2 Å². The quantitative estimate of drug-likeness (QED) is 0.0472. The maximum Gasteiger partial charge on any atom is 0.224 e. The van der Waals surface area contributed by atoms with Crippen LogP contribution in [0.25, 0.3) is 0 Å². The van der Waals surface area contributed by atoms with Gasteiger partial charge >= 0.3 is 0 Å². The summed E-state index contributed by atoms with van der Waals surface area (Å²) in [6, 6.07) is 3.26. The van der Waals surface area contributed by atoms with Crippen LogP contribution in [-0.2, 0) is 14.3 Å². The fourth-order valence-electron chi connectivity index (χ4n) is 14.0. The number of carbonyl (C=O) groups is 2. The molecule has 0 bridgehead atoms. The van der Waals surface area contributed by atoms with E-state index in [1.807, 2.05) is 20.8 Å². The first-order valence-corrected chi connectivity index (χ1v) is 31.6. The molecule has 18 nitrogen and oxygen atoms in total. The first-order chi connectivity index (χ1) is 39.4.